The molecule has 1 aliphatic carbocycles. The van der Waals surface area contributed by atoms with Crippen LogP contribution in [-0.2, 0) is 11.2 Å². The van der Waals surface area contributed by atoms with Gasteiger partial charge in [0.1, 0.15) is 23.5 Å². The minimum Gasteiger partial charge on any atom is -0.383 e. The Labute approximate surface area is 119 Å². The summed E-state index contributed by atoms with van der Waals surface area (Å²) in [6.45, 7) is 5.76. The van der Waals surface area contributed by atoms with Crippen molar-refractivity contribution < 1.29 is 4.79 Å². The minimum absolute atomic E-state index is 0.00104. The number of amides is 1. The molecule has 1 aromatic heterocycles. The fourth-order valence-corrected chi connectivity index (χ4v) is 1.88. The van der Waals surface area contributed by atoms with E-state index in [1.807, 2.05) is 13.8 Å². The molecule has 1 aromatic rings. The summed E-state index contributed by atoms with van der Waals surface area (Å²) < 4.78 is 0. The molecule has 20 heavy (non-hydrogen) atoms. The molecule has 110 valence electrons. The first-order chi connectivity index (χ1) is 9.51. The second kappa shape index (κ2) is 6.07. The Hall–Kier alpha value is -1.85. The van der Waals surface area contributed by atoms with Gasteiger partial charge in [-0.2, -0.15) is 0 Å². The lowest BCUT2D eigenvalue weighted by Gasteiger charge is -2.17. The van der Waals surface area contributed by atoms with Gasteiger partial charge in [-0.3, -0.25) is 4.79 Å². The number of rotatable bonds is 6. The highest BCUT2D eigenvalue weighted by atomic mass is 16.2. The van der Waals surface area contributed by atoms with Crippen LogP contribution in [0.3, 0.4) is 0 Å². The molecule has 1 fully saturated rings. The summed E-state index contributed by atoms with van der Waals surface area (Å²) in [5.41, 5.74) is 6.69. The van der Waals surface area contributed by atoms with E-state index in [1.54, 1.807) is 0 Å². The summed E-state index contributed by atoms with van der Waals surface area (Å²) in [7, 11) is 0. The first kappa shape index (κ1) is 14.6. The predicted molar refractivity (Wildman–Crippen MR) is 79.4 cm³/mol. The van der Waals surface area contributed by atoms with E-state index in [2.05, 4.69) is 27.5 Å². The first-order valence-corrected chi connectivity index (χ1v) is 7.21. The van der Waals surface area contributed by atoms with Crippen LogP contribution in [0.5, 0.6) is 0 Å². The van der Waals surface area contributed by atoms with Gasteiger partial charge in [-0.25, -0.2) is 9.97 Å². The molecule has 4 N–H and O–H groups in total. The molecule has 0 radical (unpaired) electrons. The van der Waals surface area contributed by atoms with Crippen molar-refractivity contribution in [1.82, 2.24) is 15.3 Å². The van der Waals surface area contributed by atoms with Gasteiger partial charge in [-0.15, -0.1) is 0 Å². The topological polar surface area (TPSA) is 92.9 Å². The van der Waals surface area contributed by atoms with Crippen LogP contribution in [-0.4, -0.2) is 28.0 Å². The van der Waals surface area contributed by atoms with E-state index >= 15 is 0 Å². The number of aryl methyl sites for hydroxylation is 1. The zero-order valence-corrected chi connectivity index (χ0v) is 12.4. The average molecular weight is 277 g/mol. The smallest absolute Gasteiger partial charge is 0.242 e. The summed E-state index contributed by atoms with van der Waals surface area (Å²) in [6.07, 6.45) is 3.90. The SMILES string of the molecule is CCCc1nc(N)c(C)c(NC(C)C(=O)NC2CC2)n1. The maximum atomic E-state index is 12.0. The lowest BCUT2D eigenvalue weighted by atomic mass is 10.2. The van der Waals surface area contributed by atoms with Gasteiger partial charge in [0.05, 0.1) is 0 Å². The van der Waals surface area contributed by atoms with Crippen LogP contribution in [0.15, 0.2) is 0 Å². The Morgan fingerprint density at radius 1 is 1.45 bits per heavy atom. The van der Waals surface area contributed by atoms with Gasteiger partial charge < -0.3 is 16.4 Å². The molecule has 6 nitrogen and oxygen atoms in total. The Kier molecular flexibility index (Phi) is 4.42. The summed E-state index contributed by atoms with van der Waals surface area (Å²) in [6, 6.07) is 0.0250. The number of nitrogens with one attached hydrogen (secondary N) is 2. The Bertz CT molecular complexity index is 499. The zero-order chi connectivity index (χ0) is 14.7. The molecule has 0 spiro atoms. The van der Waals surface area contributed by atoms with Crippen molar-refractivity contribution in [2.45, 2.75) is 58.5 Å². The largest absolute Gasteiger partial charge is 0.383 e. The van der Waals surface area contributed by atoms with Crippen molar-refractivity contribution in [2.24, 2.45) is 0 Å². The van der Waals surface area contributed by atoms with Crippen LogP contribution in [0.4, 0.5) is 11.6 Å². The molecule has 1 amide bonds. The Balaban J connectivity index is 2.08. The molecule has 0 saturated heterocycles. The van der Waals surface area contributed by atoms with Gasteiger partial charge in [0, 0.05) is 18.0 Å². The van der Waals surface area contributed by atoms with E-state index in [0.29, 0.717) is 23.5 Å². The molecule has 1 aliphatic rings. The summed E-state index contributed by atoms with van der Waals surface area (Å²) in [5, 5.41) is 6.11. The third kappa shape index (κ3) is 3.59. The molecular weight excluding hydrogens is 254 g/mol. The van der Waals surface area contributed by atoms with E-state index in [-0.39, 0.29) is 11.9 Å². The summed E-state index contributed by atoms with van der Waals surface area (Å²) in [4.78, 5) is 20.7. The van der Waals surface area contributed by atoms with Crippen molar-refractivity contribution >= 4 is 17.5 Å². The van der Waals surface area contributed by atoms with Gasteiger partial charge in [-0.1, -0.05) is 6.92 Å². The van der Waals surface area contributed by atoms with Crippen LogP contribution in [0.25, 0.3) is 0 Å². The third-order valence-corrected chi connectivity index (χ3v) is 3.37. The van der Waals surface area contributed by atoms with Crippen molar-refractivity contribution in [2.75, 3.05) is 11.1 Å². The molecule has 1 unspecified atom stereocenters. The number of nitrogen functional groups attached to an aromatic ring is 1. The van der Waals surface area contributed by atoms with Gasteiger partial charge in [-0.05, 0) is 33.1 Å². The highest BCUT2D eigenvalue weighted by Crippen LogP contribution is 2.20. The van der Waals surface area contributed by atoms with Crippen molar-refractivity contribution in [3.8, 4) is 0 Å². The second-order valence-electron chi connectivity index (χ2n) is 5.40. The Morgan fingerprint density at radius 3 is 2.75 bits per heavy atom. The Morgan fingerprint density at radius 2 is 2.15 bits per heavy atom. The minimum atomic E-state index is -0.335. The molecule has 1 atom stereocenters. The van der Waals surface area contributed by atoms with Crippen LogP contribution >= 0.6 is 0 Å². The number of hydrogen-bond donors (Lipinski definition) is 3. The number of hydrogen-bond acceptors (Lipinski definition) is 5. The fourth-order valence-electron chi connectivity index (χ4n) is 1.88. The average Bonchev–Trinajstić information content (AvgIpc) is 3.19. The maximum Gasteiger partial charge on any atom is 0.242 e. The van der Waals surface area contributed by atoms with E-state index in [1.165, 1.54) is 0 Å². The van der Waals surface area contributed by atoms with E-state index in [0.717, 1.165) is 31.2 Å². The molecular formula is C14H23N5O. The molecule has 0 aliphatic heterocycles. The van der Waals surface area contributed by atoms with Gasteiger partial charge >= 0.3 is 0 Å². The second-order valence-corrected chi connectivity index (χ2v) is 5.40. The molecule has 6 heteroatoms. The number of carbonyl (C=O) groups is 1. The third-order valence-electron chi connectivity index (χ3n) is 3.37. The summed E-state index contributed by atoms with van der Waals surface area (Å²) >= 11 is 0. The van der Waals surface area contributed by atoms with Crippen molar-refractivity contribution in [3.63, 3.8) is 0 Å². The van der Waals surface area contributed by atoms with Crippen LogP contribution in [0.2, 0.25) is 0 Å². The zero-order valence-electron chi connectivity index (χ0n) is 12.4. The number of anilines is 2. The van der Waals surface area contributed by atoms with E-state index < -0.39 is 0 Å². The molecule has 0 bridgehead atoms. The van der Waals surface area contributed by atoms with Gasteiger partial charge in [0.25, 0.3) is 0 Å². The van der Waals surface area contributed by atoms with Crippen molar-refractivity contribution in [3.05, 3.63) is 11.4 Å². The number of aromatic nitrogens is 2. The quantitative estimate of drug-likeness (QED) is 0.731. The normalized spacial score (nSPS) is 15.8. The monoisotopic (exact) mass is 277 g/mol. The van der Waals surface area contributed by atoms with Crippen LogP contribution in [0.1, 0.15) is 44.5 Å². The van der Waals surface area contributed by atoms with Crippen molar-refractivity contribution in [1.29, 1.82) is 0 Å². The fraction of sp³-hybridized carbons (Fsp3) is 0.643. The highest BCUT2D eigenvalue weighted by Gasteiger charge is 2.26. The maximum absolute atomic E-state index is 12.0. The van der Waals surface area contributed by atoms with Crippen LogP contribution < -0.4 is 16.4 Å². The van der Waals surface area contributed by atoms with Crippen LogP contribution in [0, 0.1) is 6.92 Å². The standard InChI is InChI=1S/C14H23N5O/c1-4-5-11-18-12(15)8(2)13(19-11)16-9(3)14(20)17-10-6-7-10/h9-10H,4-7H2,1-3H3,(H,17,20)(H3,15,16,18,19). The molecule has 2 rings (SSSR count). The number of nitrogens with zero attached hydrogens (tertiary/aromatic N) is 2. The molecule has 1 saturated carbocycles. The lowest BCUT2D eigenvalue weighted by molar-refractivity contribution is -0.121. The number of nitrogens with two attached hydrogens (primary N) is 1. The van der Waals surface area contributed by atoms with E-state index in [9.17, 15) is 4.79 Å². The van der Waals surface area contributed by atoms with Gasteiger partial charge in [0.2, 0.25) is 5.91 Å². The molecule has 1 heterocycles. The van der Waals surface area contributed by atoms with Gasteiger partial charge in [0.15, 0.2) is 0 Å². The first-order valence-electron chi connectivity index (χ1n) is 7.21. The van der Waals surface area contributed by atoms with E-state index in [4.69, 9.17) is 5.73 Å². The summed E-state index contributed by atoms with van der Waals surface area (Å²) in [5.74, 6) is 1.84. The lowest BCUT2D eigenvalue weighted by Crippen LogP contribution is -2.39. The number of carbonyl (C=O) groups excluding carboxylic acids is 1. The highest BCUT2D eigenvalue weighted by molar-refractivity contribution is 5.84. The molecule has 0 aromatic carbocycles. The predicted octanol–water partition coefficient (Wildman–Crippen LogP) is 1.40.